The summed E-state index contributed by atoms with van der Waals surface area (Å²) in [5.41, 5.74) is 1.40. The first-order valence-corrected chi connectivity index (χ1v) is 5.16. The number of rotatable bonds is 3. The van der Waals surface area contributed by atoms with E-state index in [4.69, 9.17) is 0 Å². The van der Waals surface area contributed by atoms with Gasteiger partial charge in [-0.25, -0.2) is 0 Å². The maximum absolute atomic E-state index is 9.98. The highest BCUT2D eigenvalue weighted by atomic mass is 16.3. The van der Waals surface area contributed by atoms with Crippen molar-refractivity contribution in [1.29, 1.82) is 0 Å². The smallest absolute Gasteiger partial charge is 0.109 e. The average Bonchev–Trinajstić information content (AvgIpc) is 2.39. The third kappa shape index (κ3) is 2.30. The van der Waals surface area contributed by atoms with Gasteiger partial charge < -0.3 is 10.2 Å². The Bertz CT molecular complexity index is 382. The lowest BCUT2D eigenvalue weighted by atomic mass is 9.99. The summed E-state index contributed by atoms with van der Waals surface area (Å²) in [6.07, 6.45) is -1.81. The molecule has 0 saturated heterocycles. The Kier molecular flexibility index (Phi) is 3.34. The van der Waals surface area contributed by atoms with Crippen LogP contribution in [0.5, 0.6) is 0 Å². The largest absolute Gasteiger partial charge is 0.385 e. The molecule has 16 heavy (non-hydrogen) atoms. The molecule has 81 valence electrons. The van der Waals surface area contributed by atoms with E-state index < -0.39 is 12.2 Å². The third-order valence-electron chi connectivity index (χ3n) is 2.53. The molecule has 2 atom stereocenters. The molecule has 2 heteroatoms. The number of benzene rings is 2. The molecule has 2 aromatic carbocycles. The van der Waals surface area contributed by atoms with Gasteiger partial charge in [-0.2, -0.15) is 0 Å². The number of aliphatic hydroxyl groups excluding tert-OH is 2. The zero-order valence-electron chi connectivity index (χ0n) is 8.75. The molecule has 0 spiro atoms. The predicted molar refractivity (Wildman–Crippen MR) is 61.6 cm³/mol. The molecule has 0 heterocycles. The van der Waals surface area contributed by atoms with E-state index in [1.165, 1.54) is 0 Å². The second kappa shape index (κ2) is 4.92. The van der Waals surface area contributed by atoms with Gasteiger partial charge in [-0.3, -0.25) is 0 Å². The van der Waals surface area contributed by atoms with E-state index in [1.54, 1.807) is 36.4 Å². The van der Waals surface area contributed by atoms with Crippen LogP contribution in [0.4, 0.5) is 0 Å². The van der Waals surface area contributed by atoms with Gasteiger partial charge in [0.1, 0.15) is 12.2 Å². The van der Waals surface area contributed by atoms with Crippen LogP contribution < -0.4 is 0 Å². The molecule has 0 aliphatic rings. The molecule has 2 nitrogen and oxygen atoms in total. The Morgan fingerprint density at radius 1 is 0.750 bits per heavy atom. The molecular weight excluding hydrogens is 200 g/mol. The highest BCUT2D eigenvalue weighted by molar-refractivity contribution is 5.24. The molecule has 0 bridgehead atoms. The third-order valence-corrected chi connectivity index (χ3v) is 2.53. The lowest BCUT2D eigenvalue weighted by molar-refractivity contribution is 0.0172. The van der Waals surface area contributed by atoms with Crippen LogP contribution in [0.15, 0.2) is 54.6 Å². The summed E-state index contributed by atoms with van der Waals surface area (Å²) in [7, 11) is 0. The quantitative estimate of drug-likeness (QED) is 0.821. The lowest BCUT2D eigenvalue weighted by Gasteiger charge is -2.18. The maximum atomic E-state index is 9.98. The van der Waals surface area contributed by atoms with Crippen molar-refractivity contribution < 1.29 is 10.2 Å². The molecule has 2 rings (SSSR count). The summed E-state index contributed by atoms with van der Waals surface area (Å²) in [4.78, 5) is 0. The van der Waals surface area contributed by atoms with Crippen molar-refractivity contribution in [1.82, 2.24) is 0 Å². The van der Waals surface area contributed by atoms with E-state index in [9.17, 15) is 10.2 Å². The van der Waals surface area contributed by atoms with Gasteiger partial charge in [-0.1, -0.05) is 54.6 Å². The van der Waals surface area contributed by atoms with Crippen molar-refractivity contribution in [2.45, 2.75) is 12.2 Å². The predicted octanol–water partition coefficient (Wildman–Crippen LogP) is 2.25. The van der Waals surface area contributed by atoms with Crippen LogP contribution >= 0.6 is 0 Å². The van der Waals surface area contributed by atoms with Crippen molar-refractivity contribution in [2.75, 3.05) is 0 Å². The number of hydrogen-bond donors (Lipinski definition) is 2. The SMILES string of the molecule is OC(c1cc[c]cc1)C(O)c1ccccc1. The van der Waals surface area contributed by atoms with Crippen LogP contribution in [-0.4, -0.2) is 10.2 Å². The molecule has 0 aliphatic heterocycles. The highest BCUT2D eigenvalue weighted by Gasteiger charge is 2.19. The minimum atomic E-state index is -0.906. The van der Waals surface area contributed by atoms with Gasteiger partial charge in [0.2, 0.25) is 0 Å². The fourth-order valence-electron chi connectivity index (χ4n) is 1.61. The van der Waals surface area contributed by atoms with E-state index >= 15 is 0 Å². The molecule has 0 aliphatic carbocycles. The van der Waals surface area contributed by atoms with Gasteiger partial charge in [-0.05, 0) is 17.2 Å². The van der Waals surface area contributed by atoms with E-state index in [-0.39, 0.29) is 0 Å². The summed E-state index contributed by atoms with van der Waals surface area (Å²) < 4.78 is 0. The topological polar surface area (TPSA) is 40.5 Å². The van der Waals surface area contributed by atoms with Crippen molar-refractivity contribution in [3.05, 3.63) is 71.8 Å². The zero-order valence-corrected chi connectivity index (χ0v) is 8.75. The van der Waals surface area contributed by atoms with Gasteiger partial charge in [-0.15, -0.1) is 0 Å². The van der Waals surface area contributed by atoms with E-state index in [0.717, 1.165) is 0 Å². The highest BCUT2D eigenvalue weighted by Crippen LogP contribution is 2.27. The lowest BCUT2D eigenvalue weighted by Crippen LogP contribution is -2.09. The summed E-state index contributed by atoms with van der Waals surface area (Å²) >= 11 is 0. The van der Waals surface area contributed by atoms with E-state index in [0.29, 0.717) is 11.1 Å². The summed E-state index contributed by atoms with van der Waals surface area (Å²) in [6.45, 7) is 0. The van der Waals surface area contributed by atoms with Gasteiger partial charge >= 0.3 is 0 Å². The first-order chi connectivity index (χ1) is 7.79. The van der Waals surface area contributed by atoms with Crippen molar-refractivity contribution >= 4 is 0 Å². The molecule has 0 aromatic heterocycles. The zero-order chi connectivity index (χ0) is 11.4. The first kappa shape index (κ1) is 10.9. The second-order valence-electron chi connectivity index (χ2n) is 3.63. The molecular formula is C14H13O2. The minimum absolute atomic E-state index is 0.690. The normalized spacial score (nSPS) is 14.4. The number of hydrogen-bond acceptors (Lipinski definition) is 2. The Balaban J connectivity index is 2.20. The van der Waals surface area contributed by atoms with Gasteiger partial charge in [0.05, 0.1) is 0 Å². The van der Waals surface area contributed by atoms with Crippen molar-refractivity contribution in [2.24, 2.45) is 0 Å². The van der Waals surface area contributed by atoms with Crippen molar-refractivity contribution in [3.63, 3.8) is 0 Å². The maximum Gasteiger partial charge on any atom is 0.109 e. The molecule has 2 aromatic rings. The average molecular weight is 213 g/mol. The van der Waals surface area contributed by atoms with Crippen LogP contribution in [0.1, 0.15) is 23.3 Å². The standard InChI is InChI=1S/C14H13O2/c15-13(11-7-3-1-4-8-11)14(16)12-9-5-2-6-10-12/h1,3-10,13-16H. The fourth-order valence-corrected chi connectivity index (χ4v) is 1.61. The van der Waals surface area contributed by atoms with Crippen molar-refractivity contribution in [3.8, 4) is 0 Å². The van der Waals surface area contributed by atoms with Gasteiger partial charge in [0.25, 0.3) is 0 Å². The molecule has 2 N–H and O–H groups in total. The van der Waals surface area contributed by atoms with Crippen LogP contribution in [0.3, 0.4) is 0 Å². The second-order valence-corrected chi connectivity index (χ2v) is 3.63. The number of aliphatic hydroxyl groups is 2. The van der Waals surface area contributed by atoms with Crippen LogP contribution in [0, 0.1) is 6.07 Å². The van der Waals surface area contributed by atoms with Gasteiger partial charge in [0.15, 0.2) is 0 Å². The molecule has 1 radical (unpaired) electrons. The summed E-state index contributed by atoms with van der Waals surface area (Å²) in [5.74, 6) is 0. The Morgan fingerprint density at radius 3 is 1.81 bits per heavy atom. The Hall–Kier alpha value is -1.64. The molecule has 0 amide bonds. The van der Waals surface area contributed by atoms with E-state index in [1.807, 2.05) is 18.2 Å². The summed E-state index contributed by atoms with van der Waals surface area (Å²) in [6, 6.07) is 18.9. The molecule has 0 saturated carbocycles. The van der Waals surface area contributed by atoms with Crippen LogP contribution in [-0.2, 0) is 0 Å². The van der Waals surface area contributed by atoms with Crippen LogP contribution in [0.2, 0.25) is 0 Å². The fraction of sp³-hybridized carbons (Fsp3) is 0.143. The first-order valence-electron chi connectivity index (χ1n) is 5.16. The monoisotopic (exact) mass is 213 g/mol. The summed E-state index contributed by atoms with van der Waals surface area (Å²) in [5, 5.41) is 20.0. The molecule has 0 fully saturated rings. The Morgan fingerprint density at radius 2 is 1.25 bits per heavy atom. The van der Waals surface area contributed by atoms with Gasteiger partial charge in [0, 0.05) is 0 Å². The molecule has 2 unspecified atom stereocenters. The van der Waals surface area contributed by atoms with E-state index in [2.05, 4.69) is 6.07 Å². The Labute approximate surface area is 94.8 Å². The van der Waals surface area contributed by atoms with Crippen LogP contribution in [0.25, 0.3) is 0 Å². The minimum Gasteiger partial charge on any atom is -0.385 e.